The molecule has 0 fully saturated rings. The van der Waals surface area contributed by atoms with Crippen molar-refractivity contribution < 1.29 is 14.7 Å². The molecule has 2 rings (SSSR count). The van der Waals surface area contributed by atoms with Gasteiger partial charge in [0, 0.05) is 8.04 Å². The van der Waals surface area contributed by atoms with Gasteiger partial charge in [0.1, 0.15) is 4.88 Å². The first kappa shape index (κ1) is 15.5. The second kappa shape index (κ2) is 6.23. The van der Waals surface area contributed by atoms with Gasteiger partial charge in [0.25, 0.3) is 5.91 Å². The molecule has 0 aliphatic heterocycles. The first-order valence-electron chi connectivity index (χ1n) is 5.48. The Labute approximate surface area is 141 Å². The normalized spacial score (nSPS) is 10.3. The van der Waals surface area contributed by atoms with Crippen molar-refractivity contribution >= 4 is 67.4 Å². The zero-order valence-corrected chi connectivity index (χ0v) is 14.8. The zero-order valence-electron chi connectivity index (χ0n) is 10.2. The fourth-order valence-corrected chi connectivity index (χ4v) is 3.39. The molecule has 0 saturated heterocycles. The third kappa shape index (κ3) is 3.21. The van der Waals surface area contributed by atoms with Crippen LogP contribution in [0.5, 0.6) is 0 Å². The molecule has 0 spiro atoms. The van der Waals surface area contributed by atoms with Gasteiger partial charge in [-0.05, 0) is 58.7 Å². The van der Waals surface area contributed by atoms with Gasteiger partial charge in [0.15, 0.2) is 0 Å². The quantitative estimate of drug-likeness (QED) is 0.661. The van der Waals surface area contributed by atoms with E-state index < -0.39 is 5.97 Å². The number of anilines is 1. The van der Waals surface area contributed by atoms with Crippen molar-refractivity contribution in [2.45, 2.75) is 6.92 Å². The summed E-state index contributed by atoms with van der Waals surface area (Å²) in [6.45, 7) is 1.77. The van der Waals surface area contributed by atoms with Crippen LogP contribution in [-0.2, 0) is 0 Å². The van der Waals surface area contributed by atoms with E-state index in [4.69, 9.17) is 5.11 Å². The average molecular weight is 466 g/mol. The minimum absolute atomic E-state index is 0.140. The van der Waals surface area contributed by atoms with E-state index >= 15 is 0 Å². The van der Waals surface area contributed by atoms with Crippen molar-refractivity contribution in [2.24, 2.45) is 0 Å². The minimum atomic E-state index is -1.04. The number of carbonyl (C=O) groups is 2. The number of aromatic carboxylic acids is 1. The summed E-state index contributed by atoms with van der Waals surface area (Å²) in [4.78, 5) is 23.6. The largest absolute Gasteiger partial charge is 0.477 e. The standard InChI is InChI=1S/C13H9BrINO3S/c1-6-5-20-11(13(18)19)10(6)16-12(17)8-4-7(14)2-3-9(8)15/h2-5H,1H3,(H,16,17)(H,18,19). The van der Waals surface area contributed by atoms with Gasteiger partial charge in [-0.25, -0.2) is 4.79 Å². The summed E-state index contributed by atoms with van der Waals surface area (Å²) in [6, 6.07) is 5.37. The molecule has 0 unspecified atom stereocenters. The maximum absolute atomic E-state index is 12.3. The summed E-state index contributed by atoms with van der Waals surface area (Å²) in [6.07, 6.45) is 0. The van der Waals surface area contributed by atoms with Crippen LogP contribution in [0.1, 0.15) is 25.6 Å². The van der Waals surface area contributed by atoms with Crippen LogP contribution in [0.4, 0.5) is 5.69 Å². The van der Waals surface area contributed by atoms with Gasteiger partial charge in [-0.15, -0.1) is 11.3 Å². The lowest BCUT2D eigenvalue weighted by molar-refractivity contribution is 0.0703. The summed E-state index contributed by atoms with van der Waals surface area (Å²) < 4.78 is 1.59. The average Bonchev–Trinajstić information content (AvgIpc) is 2.74. The molecule has 0 bridgehead atoms. The SMILES string of the molecule is Cc1csc(C(=O)O)c1NC(=O)c1cc(Br)ccc1I. The van der Waals surface area contributed by atoms with E-state index in [1.54, 1.807) is 18.4 Å². The van der Waals surface area contributed by atoms with Crippen molar-refractivity contribution in [1.82, 2.24) is 0 Å². The van der Waals surface area contributed by atoms with Crippen LogP contribution in [0.25, 0.3) is 0 Å². The number of carboxylic acids is 1. The Kier molecular flexibility index (Phi) is 4.82. The van der Waals surface area contributed by atoms with Gasteiger partial charge in [0.2, 0.25) is 0 Å². The number of nitrogens with one attached hydrogen (secondary N) is 1. The molecule has 1 heterocycles. The van der Waals surface area contributed by atoms with Crippen LogP contribution < -0.4 is 5.32 Å². The van der Waals surface area contributed by atoms with Crippen LogP contribution in [0.2, 0.25) is 0 Å². The van der Waals surface area contributed by atoms with Crippen LogP contribution >= 0.6 is 49.9 Å². The molecule has 7 heteroatoms. The van der Waals surface area contributed by atoms with E-state index in [0.29, 0.717) is 11.3 Å². The number of rotatable bonds is 3. The minimum Gasteiger partial charge on any atom is -0.477 e. The van der Waals surface area contributed by atoms with E-state index in [2.05, 4.69) is 43.8 Å². The Morgan fingerprint density at radius 2 is 2.10 bits per heavy atom. The molecule has 0 radical (unpaired) electrons. The molecule has 1 amide bonds. The molecule has 4 nitrogen and oxygen atoms in total. The van der Waals surface area contributed by atoms with Gasteiger partial charge in [-0.1, -0.05) is 15.9 Å². The number of carboxylic acid groups (broad SMARTS) is 1. The van der Waals surface area contributed by atoms with Crippen LogP contribution in [-0.4, -0.2) is 17.0 Å². The number of benzene rings is 1. The topological polar surface area (TPSA) is 66.4 Å². The lowest BCUT2D eigenvalue weighted by Crippen LogP contribution is -2.15. The molecule has 1 aromatic heterocycles. The van der Waals surface area contributed by atoms with Crippen LogP contribution in [0.3, 0.4) is 0 Å². The number of hydrogen-bond donors (Lipinski definition) is 2. The van der Waals surface area contributed by atoms with Crippen molar-refractivity contribution in [3.8, 4) is 0 Å². The Hall–Kier alpha value is -0.930. The Bertz CT molecular complexity index is 699. The monoisotopic (exact) mass is 465 g/mol. The predicted octanol–water partition coefficient (Wildman–Crippen LogP) is 4.37. The zero-order chi connectivity index (χ0) is 14.9. The van der Waals surface area contributed by atoms with E-state index in [9.17, 15) is 9.59 Å². The molecular formula is C13H9BrINO3S. The number of halogens is 2. The lowest BCUT2D eigenvalue weighted by Gasteiger charge is -2.08. The van der Waals surface area contributed by atoms with Gasteiger partial charge in [-0.2, -0.15) is 0 Å². The van der Waals surface area contributed by atoms with Crippen molar-refractivity contribution in [2.75, 3.05) is 5.32 Å². The second-order valence-electron chi connectivity index (χ2n) is 4.01. The van der Waals surface area contributed by atoms with E-state index in [0.717, 1.165) is 24.9 Å². The molecule has 104 valence electrons. The molecule has 20 heavy (non-hydrogen) atoms. The second-order valence-corrected chi connectivity index (χ2v) is 6.96. The molecule has 0 atom stereocenters. The molecule has 1 aromatic carbocycles. The van der Waals surface area contributed by atoms with E-state index in [1.807, 2.05) is 12.1 Å². The Morgan fingerprint density at radius 3 is 2.75 bits per heavy atom. The maximum atomic E-state index is 12.3. The summed E-state index contributed by atoms with van der Waals surface area (Å²) >= 11 is 6.49. The van der Waals surface area contributed by atoms with Gasteiger partial charge in [0.05, 0.1) is 11.3 Å². The highest BCUT2D eigenvalue weighted by molar-refractivity contribution is 14.1. The van der Waals surface area contributed by atoms with Crippen LogP contribution in [0, 0.1) is 10.5 Å². The number of thiophene rings is 1. The maximum Gasteiger partial charge on any atom is 0.348 e. The fourth-order valence-electron chi connectivity index (χ4n) is 1.61. The van der Waals surface area contributed by atoms with Crippen molar-refractivity contribution in [3.63, 3.8) is 0 Å². The summed E-state index contributed by atoms with van der Waals surface area (Å²) in [7, 11) is 0. The van der Waals surface area contributed by atoms with Crippen LogP contribution in [0.15, 0.2) is 28.1 Å². The van der Waals surface area contributed by atoms with Crippen molar-refractivity contribution in [3.05, 3.63) is 47.6 Å². The molecule has 2 N–H and O–H groups in total. The lowest BCUT2D eigenvalue weighted by atomic mass is 10.2. The van der Waals surface area contributed by atoms with Gasteiger partial charge >= 0.3 is 5.97 Å². The summed E-state index contributed by atoms with van der Waals surface area (Å²) in [5.41, 5.74) is 1.61. The predicted molar refractivity (Wildman–Crippen MR) is 90.8 cm³/mol. The summed E-state index contributed by atoms with van der Waals surface area (Å²) in [5.74, 6) is -1.36. The highest BCUT2D eigenvalue weighted by Crippen LogP contribution is 2.29. The first-order valence-corrected chi connectivity index (χ1v) is 8.23. The Balaban J connectivity index is 2.35. The van der Waals surface area contributed by atoms with Crippen molar-refractivity contribution in [1.29, 1.82) is 0 Å². The smallest absolute Gasteiger partial charge is 0.348 e. The van der Waals surface area contributed by atoms with Gasteiger partial charge < -0.3 is 10.4 Å². The Morgan fingerprint density at radius 1 is 1.40 bits per heavy atom. The van der Waals surface area contributed by atoms with E-state index in [-0.39, 0.29) is 10.8 Å². The molecule has 0 aliphatic rings. The number of aryl methyl sites for hydroxylation is 1. The fraction of sp³-hybridized carbons (Fsp3) is 0.0769. The van der Waals surface area contributed by atoms with Gasteiger partial charge in [-0.3, -0.25) is 4.79 Å². The first-order chi connectivity index (χ1) is 9.40. The number of hydrogen-bond acceptors (Lipinski definition) is 3. The number of carbonyl (C=O) groups excluding carboxylic acids is 1. The highest BCUT2D eigenvalue weighted by atomic mass is 127. The molecule has 2 aromatic rings. The highest BCUT2D eigenvalue weighted by Gasteiger charge is 2.19. The molecule has 0 saturated carbocycles. The molecular weight excluding hydrogens is 457 g/mol. The summed E-state index contributed by atoms with van der Waals surface area (Å²) in [5, 5.41) is 13.5. The number of amides is 1. The van der Waals surface area contributed by atoms with E-state index in [1.165, 1.54) is 0 Å². The third-order valence-electron chi connectivity index (χ3n) is 2.58. The molecule has 0 aliphatic carbocycles. The third-order valence-corrected chi connectivity index (χ3v) is 5.10.